The van der Waals surface area contributed by atoms with Crippen molar-refractivity contribution in [2.24, 2.45) is 5.84 Å². The Bertz CT molecular complexity index is 622. The van der Waals surface area contributed by atoms with E-state index in [1.165, 1.54) is 30.6 Å². The number of hydrazine groups is 1. The van der Waals surface area contributed by atoms with Gasteiger partial charge in [0.15, 0.2) is 5.82 Å². The molecule has 4 N–H and O–H groups in total. The van der Waals surface area contributed by atoms with Crippen molar-refractivity contribution in [2.45, 2.75) is 0 Å². The van der Waals surface area contributed by atoms with Crippen LogP contribution in [0.2, 0.25) is 0 Å². The number of carbonyl (C=O) groups is 1. The number of hydrogen-bond donors (Lipinski definition) is 3. The molecule has 8 heteroatoms. The summed E-state index contributed by atoms with van der Waals surface area (Å²) in [6.07, 6.45) is 2.68. The van der Waals surface area contributed by atoms with E-state index in [4.69, 9.17) is 5.84 Å². The Kier molecular flexibility index (Phi) is 4.03. The van der Waals surface area contributed by atoms with E-state index in [1.807, 2.05) is 0 Å². The highest BCUT2D eigenvalue weighted by Crippen LogP contribution is 2.23. The van der Waals surface area contributed by atoms with E-state index in [0.717, 1.165) is 0 Å². The van der Waals surface area contributed by atoms with Gasteiger partial charge < -0.3 is 10.7 Å². The lowest BCUT2D eigenvalue weighted by atomic mass is 10.3. The zero-order chi connectivity index (χ0) is 13.8. The fraction of sp³-hybridized carbons (Fsp3) is 0. The molecule has 0 saturated carbocycles. The number of anilines is 2. The van der Waals surface area contributed by atoms with Gasteiger partial charge in [0.2, 0.25) is 0 Å². The second-order valence-electron chi connectivity index (χ2n) is 3.51. The van der Waals surface area contributed by atoms with Gasteiger partial charge in [-0.3, -0.25) is 9.78 Å². The minimum absolute atomic E-state index is 0.0895. The predicted molar refractivity (Wildman–Crippen MR) is 71.9 cm³/mol. The van der Waals surface area contributed by atoms with Gasteiger partial charge in [0.1, 0.15) is 11.5 Å². The van der Waals surface area contributed by atoms with Gasteiger partial charge in [-0.2, -0.15) is 0 Å². The lowest BCUT2D eigenvalue weighted by Crippen LogP contribution is -2.17. The zero-order valence-corrected chi connectivity index (χ0v) is 11.1. The standard InChI is InChI=1S/C11H9BrFN5O/c12-7-3-6(13)1-2-8(7)17-11(19)9-4-15-5-10(16-9)18-14/h1-5H,14H2,(H,16,18)(H,17,19). The van der Waals surface area contributed by atoms with Gasteiger partial charge in [-0.25, -0.2) is 15.2 Å². The summed E-state index contributed by atoms with van der Waals surface area (Å²) in [6, 6.07) is 3.93. The maximum Gasteiger partial charge on any atom is 0.275 e. The monoisotopic (exact) mass is 325 g/mol. The van der Waals surface area contributed by atoms with E-state index in [0.29, 0.717) is 10.2 Å². The molecule has 0 atom stereocenters. The van der Waals surface area contributed by atoms with Crippen molar-refractivity contribution in [1.29, 1.82) is 0 Å². The quantitative estimate of drug-likeness (QED) is 0.592. The number of nitrogens with two attached hydrogens (primary N) is 1. The highest BCUT2D eigenvalue weighted by molar-refractivity contribution is 9.10. The molecule has 0 bridgehead atoms. The van der Waals surface area contributed by atoms with Gasteiger partial charge in [-0.15, -0.1) is 0 Å². The summed E-state index contributed by atoms with van der Waals surface area (Å²) in [5.74, 6) is 4.57. The van der Waals surface area contributed by atoms with Crippen molar-refractivity contribution in [3.63, 3.8) is 0 Å². The molecule has 1 heterocycles. The molecule has 1 amide bonds. The molecule has 1 aromatic carbocycles. The van der Waals surface area contributed by atoms with Crippen LogP contribution in [0.15, 0.2) is 35.1 Å². The van der Waals surface area contributed by atoms with Crippen molar-refractivity contribution in [2.75, 3.05) is 10.7 Å². The minimum Gasteiger partial charge on any atom is -0.320 e. The van der Waals surface area contributed by atoms with Gasteiger partial charge in [-0.1, -0.05) is 0 Å². The molecule has 98 valence electrons. The molecule has 2 rings (SSSR count). The largest absolute Gasteiger partial charge is 0.320 e. The van der Waals surface area contributed by atoms with Crippen LogP contribution >= 0.6 is 15.9 Å². The summed E-state index contributed by atoms with van der Waals surface area (Å²) in [6.45, 7) is 0. The Morgan fingerprint density at radius 2 is 2.16 bits per heavy atom. The van der Waals surface area contributed by atoms with Crippen LogP contribution in [0.4, 0.5) is 15.9 Å². The molecule has 0 aliphatic carbocycles. The third kappa shape index (κ3) is 3.24. The summed E-state index contributed by atoms with van der Waals surface area (Å²) >= 11 is 3.15. The van der Waals surface area contributed by atoms with Crippen LogP contribution in [0.1, 0.15) is 10.5 Å². The fourth-order valence-corrected chi connectivity index (χ4v) is 1.77. The van der Waals surface area contributed by atoms with E-state index >= 15 is 0 Å². The number of aromatic nitrogens is 2. The van der Waals surface area contributed by atoms with E-state index < -0.39 is 11.7 Å². The smallest absolute Gasteiger partial charge is 0.275 e. The maximum atomic E-state index is 12.9. The summed E-state index contributed by atoms with van der Waals surface area (Å²) in [5, 5.41) is 2.58. The molecule has 0 unspecified atom stereocenters. The highest BCUT2D eigenvalue weighted by atomic mass is 79.9. The average molecular weight is 326 g/mol. The number of hydrogen-bond acceptors (Lipinski definition) is 5. The lowest BCUT2D eigenvalue weighted by molar-refractivity contribution is 0.102. The van der Waals surface area contributed by atoms with Gasteiger partial charge in [-0.05, 0) is 34.1 Å². The fourth-order valence-electron chi connectivity index (χ4n) is 1.32. The number of amides is 1. The van der Waals surface area contributed by atoms with Crippen LogP contribution in [-0.4, -0.2) is 15.9 Å². The van der Waals surface area contributed by atoms with Crippen LogP contribution in [0.25, 0.3) is 0 Å². The maximum absolute atomic E-state index is 12.9. The Balaban J connectivity index is 2.20. The molecule has 0 radical (unpaired) electrons. The first-order chi connectivity index (χ1) is 9.10. The first-order valence-electron chi connectivity index (χ1n) is 5.15. The summed E-state index contributed by atoms with van der Waals surface area (Å²) < 4.78 is 13.4. The van der Waals surface area contributed by atoms with Crippen LogP contribution in [0, 0.1) is 5.82 Å². The lowest BCUT2D eigenvalue weighted by Gasteiger charge is -2.07. The summed E-state index contributed by atoms with van der Waals surface area (Å²) in [7, 11) is 0. The third-order valence-corrected chi connectivity index (χ3v) is 2.85. The second-order valence-corrected chi connectivity index (χ2v) is 4.37. The summed E-state index contributed by atoms with van der Waals surface area (Å²) in [4.78, 5) is 19.7. The van der Waals surface area contributed by atoms with Gasteiger partial charge in [0.25, 0.3) is 5.91 Å². The molecule has 0 fully saturated rings. The van der Waals surface area contributed by atoms with Crippen LogP contribution in [0.3, 0.4) is 0 Å². The molecule has 1 aromatic heterocycles. The molecule has 0 aliphatic rings. The van der Waals surface area contributed by atoms with Crippen molar-refractivity contribution < 1.29 is 9.18 Å². The average Bonchev–Trinajstić information content (AvgIpc) is 2.42. The molecule has 2 aromatic rings. The van der Waals surface area contributed by atoms with Crippen molar-refractivity contribution in [3.05, 3.63) is 46.6 Å². The molecule has 0 saturated heterocycles. The molecule has 6 nitrogen and oxygen atoms in total. The van der Waals surface area contributed by atoms with Gasteiger partial charge in [0, 0.05) is 4.47 Å². The number of benzene rings is 1. The van der Waals surface area contributed by atoms with Crippen LogP contribution in [0.5, 0.6) is 0 Å². The van der Waals surface area contributed by atoms with E-state index in [2.05, 4.69) is 36.6 Å². The Hall–Kier alpha value is -2.06. The van der Waals surface area contributed by atoms with Crippen LogP contribution < -0.4 is 16.6 Å². The molecule has 19 heavy (non-hydrogen) atoms. The van der Waals surface area contributed by atoms with E-state index in [1.54, 1.807) is 0 Å². The molecular formula is C11H9BrFN5O. The minimum atomic E-state index is -0.475. The summed E-state index contributed by atoms with van der Waals surface area (Å²) in [5.41, 5.74) is 2.81. The van der Waals surface area contributed by atoms with Crippen molar-refractivity contribution in [1.82, 2.24) is 9.97 Å². The number of halogens is 2. The third-order valence-electron chi connectivity index (χ3n) is 2.19. The number of carbonyl (C=O) groups excluding carboxylic acids is 1. The normalized spacial score (nSPS) is 10.1. The highest BCUT2D eigenvalue weighted by Gasteiger charge is 2.11. The first-order valence-corrected chi connectivity index (χ1v) is 5.94. The van der Waals surface area contributed by atoms with Crippen LogP contribution in [-0.2, 0) is 0 Å². The zero-order valence-electron chi connectivity index (χ0n) is 9.52. The molecule has 0 spiro atoms. The van der Waals surface area contributed by atoms with Gasteiger partial charge in [0.05, 0.1) is 18.1 Å². The number of rotatable bonds is 3. The van der Waals surface area contributed by atoms with E-state index in [-0.39, 0.29) is 11.5 Å². The Morgan fingerprint density at radius 1 is 1.37 bits per heavy atom. The van der Waals surface area contributed by atoms with Crippen molar-refractivity contribution in [3.8, 4) is 0 Å². The predicted octanol–water partition coefficient (Wildman–Crippen LogP) is 1.92. The SMILES string of the molecule is NNc1cncc(C(=O)Nc2ccc(F)cc2Br)n1. The van der Waals surface area contributed by atoms with Gasteiger partial charge >= 0.3 is 0 Å². The Morgan fingerprint density at radius 3 is 2.84 bits per heavy atom. The second kappa shape index (κ2) is 5.72. The Labute approximate surface area is 116 Å². The van der Waals surface area contributed by atoms with E-state index in [9.17, 15) is 9.18 Å². The number of nitrogens with one attached hydrogen (secondary N) is 2. The first kappa shape index (κ1) is 13.4. The molecule has 0 aliphatic heterocycles. The number of nitrogen functional groups attached to an aromatic ring is 1. The topological polar surface area (TPSA) is 92.9 Å². The molecular weight excluding hydrogens is 317 g/mol. The number of nitrogens with zero attached hydrogens (tertiary/aromatic N) is 2. The van der Waals surface area contributed by atoms with Crippen molar-refractivity contribution >= 4 is 33.3 Å².